The zero-order valence-corrected chi connectivity index (χ0v) is 11.9. The lowest BCUT2D eigenvalue weighted by atomic mass is 10.1. The summed E-state index contributed by atoms with van der Waals surface area (Å²) in [6.07, 6.45) is 0.523. The van der Waals surface area contributed by atoms with E-state index < -0.39 is 0 Å². The number of methoxy groups -OCH3 is 1. The van der Waals surface area contributed by atoms with Gasteiger partial charge in [0.05, 0.1) is 7.11 Å². The van der Waals surface area contributed by atoms with Crippen molar-refractivity contribution in [2.75, 3.05) is 7.11 Å². The smallest absolute Gasteiger partial charge is 0.163 e. The zero-order chi connectivity index (χ0) is 13.7. The molecule has 0 aromatic heterocycles. The van der Waals surface area contributed by atoms with Gasteiger partial charge in [-0.3, -0.25) is 4.79 Å². The van der Waals surface area contributed by atoms with Gasteiger partial charge < -0.3 is 4.74 Å². The Kier molecular flexibility index (Phi) is 4.63. The molecule has 0 radical (unpaired) electrons. The highest BCUT2D eigenvalue weighted by Crippen LogP contribution is 2.32. The molecule has 0 bridgehead atoms. The fourth-order valence-electron chi connectivity index (χ4n) is 1.77. The molecule has 0 N–H and O–H groups in total. The molecule has 0 fully saturated rings. The predicted molar refractivity (Wildman–Crippen MR) is 78.2 cm³/mol. The van der Waals surface area contributed by atoms with E-state index in [1.54, 1.807) is 18.9 Å². The first-order valence-corrected chi connectivity index (χ1v) is 7.00. The first kappa shape index (κ1) is 13.7. The maximum absolute atomic E-state index is 11.9. The molecule has 0 aliphatic rings. The Morgan fingerprint density at radius 2 is 1.95 bits per heavy atom. The number of Topliss-reactive ketones (excluding diaryl/α,β-unsaturated/α-hetero) is 1. The van der Waals surface area contributed by atoms with Gasteiger partial charge in [0.15, 0.2) is 5.78 Å². The molecule has 0 amide bonds. The molecule has 0 atom stereocenters. The predicted octanol–water partition coefficient (Wildman–Crippen LogP) is 4.44. The molecular weight excluding hydrogens is 256 g/mol. The lowest BCUT2D eigenvalue weighted by Crippen LogP contribution is -1.98. The van der Waals surface area contributed by atoms with E-state index in [1.807, 2.05) is 55.5 Å². The van der Waals surface area contributed by atoms with Crippen molar-refractivity contribution in [3.05, 3.63) is 54.1 Å². The van der Waals surface area contributed by atoms with Crippen molar-refractivity contribution in [3.63, 3.8) is 0 Å². The molecule has 0 heterocycles. The van der Waals surface area contributed by atoms with Crippen LogP contribution in [-0.4, -0.2) is 12.9 Å². The fourth-order valence-corrected chi connectivity index (χ4v) is 2.78. The summed E-state index contributed by atoms with van der Waals surface area (Å²) >= 11 is 1.59. The van der Waals surface area contributed by atoms with Crippen LogP contribution in [0.4, 0.5) is 0 Å². The number of benzene rings is 2. The lowest BCUT2D eigenvalue weighted by Gasteiger charge is -2.08. The molecule has 2 aromatic rings. The molecule has 3 heteroatoms. The van der Waals surface area contributed by atoms with Crippen molar-refractivity contribution in [3.8, 4) is 5.75 Å². The van der Waals surface area contributed by atoms with Gasteiger partial charge in [-0.2, -0.15) is 0 Å². The molecule has 0 aliphatic carbocycles. The van der Waals surface area contributed by atoms with Crippen LogP contribution < -0.4 is 4.74 Å². The van der Waals surface area contributed by atoms with Crippen molar-refractivity contribution in [1.82, 2.24) is 0 Å². The van der Waals surface area contributed by atoms with Gasteiger partial charge in [-0.15, -0.1) is 0 Å². The highest BCUT2D eigenvalue weighted by atomic mass is 32.2. The van der Waals surface area contributed by atoms with E-state index in [2.05, 4.69) is 0 Å². The highest BCUT2D eigenvalue weighted by Gasteiger charge is 2.10. The number of carbonyl (C=O) groups is 1. The Balaban J connectivity index is 2.30. The fraction of sp³-hybridized carbons (Fsp3) is 0.188. The summed E-state index contributed by atoms with van der Waals surface area (Å²) in [6, 6.07) is 15.6. The lowest BCUT2D eigenvalue weighted by molar-refractivity contribution is 0.0985. The van der Waals surface area contributed by atoms with Gasteiger partial charge in [0.25, 0.3) is 0 Å². The third kappa shape index (κ3) is 3.38. The Morgan fingerprint density at radius 1 is 1.16 bits per heavy atom. The SMILES string of the molecule is CCC(=O)c1ccccc1Sc1cccc(OC)c1. The minimum absolute atomic E-state index is 0.172. The summed E-state index contributed by atoms with van der Waals surface area (Å²) in [7, 11) is 1.65. The largest absolute Gasteiger partial charge is 0.497 e. The molecule has 0 aliphatic heterocycles. The van der Waals surface area contributed by atoms with Crippen LogP contribution in [0, 0.1) is 0 Å². The second-order valence-corrected chi connectivity index (χ2v) is 5.17. The van der Waals surface area contributed by atoms with Crippen molar-refractivity contribution < 1.29 is 9.53 Å². The zero-order valence-electron chi connectivity index (χ0n) is 11.1. The van der Waals surface area contributed by atoms with Crippen LogP contribution in [0.3, 0.4) is 0 Å². The van der Waals surface area contributed by atoms with E-state index in [-0.39, 0.29) is 5.78 Å². The number of ether oxygens (including phenoxy) is 1. The second-order valence-electron chi connectivity index (χ2n) is 4.05. The van der Waals surface area contributed by atoms with Gasteiger partial charge in [-0.25, -0.2) is 0 Å². The minimum atomic E-state index is 0.172. The van der Waals surface area contributed by atoms with Crippen LogP contribution in [0.25, 0.3) is 0 Å². The molecule has 0 saturated carbocycles. The van der Waals surface area contributed by atoms with Gasteiger partial charge in [0, 0.05) is 21.8 Å². The third-order valence-electron chi connectivity index (χ3n) is 2.78. The average molecular weight is 272 g/mol. The Labute approximate surface area is 117 Å². The first-order chi connectivity index (χ1) is 9.24. The summed E-state index contributed by atoms with van der Waals surface area (Å²) in [4.78, 5) is 14.0. The minimum Gasteiger partial charge on any atom is -0.497 e. The Bertz CT molecular complexity index is 578. The van der Waals surface area contributed by atoms with Gasteiger partial charge in [-0.1, -0.05) is 43.0 Å². The van der Waals surface area contributed by atoms with Crippen LogP contribution in [0.1, 0.15) is 23.7 Å². The monoisotopic (exact) mass is 272 g/mol. The molecule has 0 unspecified atom stereocenters. The van der Waals surface area contributed by atoms with Crippen LogP contribution >= 0.6 is 11.8 Å². The summed E-state index contributed by atoms with van der Waals surface area (Å²) in [5.41, 5.74) is 0.790. The topological polar surface area (TPSA) is 26.3 Å². The van der Waals surface area contributed by atoms with Gasteiger partial charge >= 0.3 is 0 Å². The van der Waals surface area contributed by atoms with E-state index in [1.165, 1.54) is 0 Å². The maximum Gasteiger partial charge on any atom is 0.163 e. The van der Waals surface area contributed by atoms with E-state index in [0.717, 1.165) is 21.1 Å². The molecule has 98 valence electrons. The summed E-state index contributed by atoms with van der Waals surface area (Å²) < 4.78 is 5.21. The number of rotatable bonds is 5. The van der Waals surface area contributed by atoms with Crippen LogP contribution in [-0.2, 0) is 0 Å². The van der Waals surface area contributed by atoms with E-state index in [4.69, 9.17) is 4.74 Å². The van der Waals surface area contributed by atoms with Crippen molar-refractivity contribution in [1.29, 1.82) is 0 Å². The van der Waals surface area contributed by atoms with E-state index in [0.29, 0.717) is 6.42 Å². The van der Waals surface area contributed by atoms with Crippen LogP contribution in [0.5, 0.6) is 5.75 Å². The quantitative estimate of drug-likeness (QED) is 0.753. The number of hydrogen-bond donors (Lipinski definition) is 0. The van der Waals surface area contributed by atoms with Crippen LogP contribution in [0.2, 0.25) is 0 Å². The highest BCUT2D eigenvalue weighted by molar-refractivity contribution is 7.99. The second kappa shape index (κ2) is 6.43. The first-order valence-electron chi connectivity index (χ1n) is 6.18. The molecule has 2 aromatic carbocycles. The normalized spacial score (nSPS) is 10.2. The summed E-state index contributed by atoms with van der Waals surface area (Å²) in [5, 5.41) is 0. The standard InChI is InChI=1S/C16H16O2S/c1-3-15(17)14-9-4-5-10-16(14)19-13-8-6-7-12(11-13)18-2/h4-11H,3H2,1-2H3. The van der Waals surface area contributed by atoms with Crippen molar-refractivity contribution in [2.45, 2.75) is 23.1 Å². The van der Waals surface area contributed by atoms with E-state index in [9.17, 15) is 4.79 Å². The molecule has 2 rings (SSSR count). The average Bonchev–Trinajstić information content (AvgIpc) is 2.47. The van der Waals surface area contributed by atoms with Gasteiger partial charge in [0.2, 0.25) is 0 Å². The number of hydrogen-bond acceptors (Lipinski definition) is 3. The summed E-state index contributed by atoms with van der Waals surface area (Å²) in [6.45, 7) is 1.88. The maximum atomic E-state index is 11.9. The van der Waals surface area contributed by atoms with Crippen molar-refractivity contribution >= 4 is 17.5 Å². The van der Waals surface area contributed by atoms with Gasteiger partial charge in [-0.05, 0) is 24.3 Å². The Hall–Kier alpha value is -1.74. The molecule has 2 nitrogen and oxygen atoms in total. The van der Waals surface area contributed by atoms with Crippen molar-refractivity contribution in [2.24, 2.45) is 0 Å². The molecule has 19 heavy (non-hydrogen) atoms. The van der Waals surface area contributed by atoms with Crippen LogP contribution in [0.15, 0.2) is 58.3 Å². The summed E-state index contributed by atoms with van der Waals surface area (Å²) in [5.74, 6) is 0.996. The van der Waals surface area contributed by atoms with E-state index >= 15 is 0 Å². The number of carbonyl (C=O) groups excluding carboxylic acids is 1. The van der Waals surface area contributed by atoms with Gasteiger partial charge in [0.1, 0.15) is 5.75 Å². The number of ketones is 1. The molecule has 0 spiro atoms. The molecular formula is C16H16O2S. The molecule has 0 saturated heterocycles. The third-order valence-corrected chi connectivity index (χ3v) is 3.84. The Morgan fingerprint density at radius 3 is 2.68 bits per heavy atom.